The predicted molar refractivity (Wildman–Crippen MR) is 125 cm³/mol. The van der Waals surface area contributed by atoms with Gasteiger partial charge in [0.15, 0.2) is 0 Å². The van der Waals surface area contributed by atoms with E-state index in [0.29, 0.717) is 28.5 Å². The monoisotopic (exact) mass is 464 g/mol. The van der Waals surface area contributed by atoms with Crippen molar-refractivity contribution in [2.75, 3.05) is 13.6 Å². The van der Waals surface area contributed by atoms with Crippen LogP contribution in [0.5, 0.6) is 10.8 Å². The van der Waals surface area contributed by atoms with Crippen LogP contribution in [-0.4, -0.2) is 33.5 Å². The zero-order valence-corrected chi connectivity index (χ0v) is 20.4. The Bertz CT molecular complexity index is 1030. The lowest BCUT2D eigenvalue weighted by Crippen LogP contribution is -2.16. The molecule has 0 bridgehead atoms. The Morgan fingerprint density at radius 1 is 1.33 bits per heavy atom. The highest BCUT2D eigenvalue weighted by molar-refractivity contribution is 7.08. The summed E-state index contributed by atoms with van der Waals surface area (Å²) in [4.78, 5) is 6.56. The van der Waals surface area contributed by atoms with E-state index < -0.39 is 9.75 Å². The van der Waals surface area contributed by atoms with Crippen molar-refractivity contribution in [3.05, 3.63) is 34.5 Å². The molecule has 1 aromatic heterocycles. The molecule has 0 spiro atoms. The number of benzene rings is 1. The zero-order valence-electron chi connectivity index (χ0n) is 18.1. The highest BCUT2D eigenvalue weighted by atomic mass is 35.5. The molecular weight excluding hydrogens is 439 g/mol. The number of hydrogen-bond donors (Lipinski definition) is 0. The summed E-state index contributed by atoms with van der Waals surface area (Å²) in [6, 6.07) is 6.19. The van der Waals surface area contributed by atoms with Gasteiger partial charge >= 0.3 is 0 Å². The number of nitrogens with zero attached hydrogens (tertiary/aromatic N) is 4. The summed E-state index contributed by atoms with van der Waals surface area (Å²) in [6.45, 7) is 10.9. The largest absolute Gasteiger partial charge is 0.443 e. The maximum Gasteiger partial charge on any atom is 0.218 e. The lowest BCUT2D eigenvalue weighted by Gasteiger charge is -2.14. The molecule has 1 heterocycles. The standard InChI is InChI=1S/C22H26Cl2N4OS/c1-7-21(15(5)22(21,23)24)19-16(11-25)20(30-27-19)29-18-10-13(3)17(9-14(18)4)26-12-28(6)8-2/h9-10,12,15H,7-8H2,1-6H3/b26-12-. The van der Waals surface area contributed by atoms with Gasteiger partial charge in [-0.3, -0.25) is 0 Å². The molecule has 0 aliphatic heterocycles. The average molecular weight is 465 g/mol. The number of alkyl halides is 2. The van der Waals surface area contributed by atoms with E-state index in [1.165, 1.54) is 11.5 Å². The summed E-state index contributed by atoms with van der Waals surface area (Å²) < 4.78 is 9.79. The summed E-state index contributed by atoms with van der Waals surface area (Å²) >= 11 is 14.2. The van der Waals surface area contributed by atoms with Gasteiger partial charge in [0.2, 0.25) is 5.06 Å². The van der Waals surface area contributed by atoms with Crippen molar-refractivity contribution in [2.45, 2.75) is 50.8 Å². The van der Waals surface area contributed by atoms with Crippen LogP contribution in [0.25, 0.3) is 0 Å². The van der Waals surface area contributed by atoms with Gasteiger partial charge < -0.3 is 9.64 Å². The fourth-order valence-corrected chi connectivity index (χ4v) is 5.65. The first kappa shape index (κ1) is 22.9. The number of ether oxygens (including phenoxy) is 1. The van der Waals surface area contributed by atoms with E-state index >= 15 is 0 Å². The molecule has 2 aromatic rings. The summed E-state index contributed by atoms with van der Waals surface area (Å²) in [5.41, 5.74) is 3.34. The van der Waals surface area contributed by atoms with Crippen molar-refractivity contribution in [3.8, 4) is 16.9 Å². The molecule has 2 unspecified atom stereocenters. The summed E-state index contributed by atoms with van der Waals surface area (Å²) in [5, 5.41) is 10.3. The number of nitriles is 1. The van der Waals surface area contributed by atoms with E-state index in [9.17, 15) is 5.26 Å². The molecule has 3 rings (SSSR count). The number of hydrogen-bond acceptors (Lipinski definition) is 5. The van der Waals surface area contributed by atoms with Crippen molar-refractivity contribution >= 4 is 46.8 Å². The molecule has 0 saturated heterocycles. The molecule has 0 amide bonds. The van der Waals surface area contributed by atoms with Crippen LogP contribution in [0, 0.1) is 31.1 Å². The Morgan fingerprint density at radius 3 is 2.53 bits per heavy atom. The Balaban J connectivity index is 1.93. The third-order valence-corrected chi connectivity index (χ3v) is 8.19. The van der Waals surface area contributed by atoms with Crippen molar-refractivity contribution in [1.29, 1.82) is 5.26 Å². The molecule has 2 atom stereocenters. The normalized spacial score (nSPS) is 22.2. The van der Waals surface area contributed by atoms with E-state index in [2.05, 4.69) is 22.4 Å². The highest BCUT2D eigenvalue weighted by Gasteiger charge is 2.75. The fourth-order valence-electron chi connectivity index (χ4n) is 3.83. The van der Waals surface area contributed by atoms with Crippen molar-refractivity contribution in [3.63, 3.8) is 0 Å². The number of rotatable bonds is 7. The molecule has 5 nitrogen and oxygen atoms in total. The molecular formula is C22H26Cl2N4OS. The average Bonchev–Trinajstić information content (AvgIpc) is 2.99. The first-order valence-corrected chi connectivity index (χ1v) is 11.5. The molecule has 0 radical (unpaired) electrons. The third-order valence-electron chi connectivity index (χ3n) is 6.14. The maximum absolute atomic E-state index is 9.85. The van der Waals surface area contributed by atoms with Gasteiger partial charge in [-0.05, 0) is 50.5 Å². The second-order valence-corrected chi connectivity index (χ2v) is 9.92. The number of aryl methyl sites for hydroxylation is 2. The number of halogens is 2. The summed E-state index contributed by atoms with van der Waals surface area (Å²) in [7, 11) is 1.98. The van der Waals surface area contributed by atoms with E-state index in [-0.39, 0.29) is 5.92 Å². The van der Waals surface area contributed by atoms with Gasteiger partial charge in [-0.15, -0.1) is 23.2 Å². The van der Waals surface area contributed by atoms with Crippen molar-refractivity contribution in [1.82, 2.24) is 9.27 Å². The van der Waals surface area contributed by atoms with E-state index in [0.717, 1.165) is 23.4 Å². The van der Waals surface area contributed by atoms with Gasteiger partial charge in [0.1, 0.15) is 21.7 Å². The minimum absolute atomic E-state index is 0.0164. The highest BCUT2D eigenvalue weighted by Crippen LogP contribution is 2.71. The van der Waals surface area contributed by atoms with E-state index in [1.807, 2.05) is 58.1 Å². The van der Waals surface area contributed by atoms with Crippen LogP contribution < -0.4 is 4.74 Å². The van der Waals surface area contributed by atoms with Crippen LogP contribution in [-0.2, 0) is 5.41 Å². The van der Waals surface area contributed by atoms with Crippen LogP contribution >= 0.6 is 34.7 Å². The molecule has 160 valence electrons. The first-order chi connectivity index (χ1) is 14.1. The smallest absolute Gasteiger partial charge is 0.218 e. The van der Waals surface area contributed by atoms with Crippen LogP contribution in [0.1, 0.15) is 49.6 Å². The molecule has 1 aliphatic rings. The first-order valence-electron chi connectivity index (χ1n) is 9.95. The second kappa shape index (κ2) is 8.37. The Hall–Kier alpha value is -1.81. The van der Waals surface area contributed by atoms with Gasteiger partial charge in [0.25, 0.3) is 0 Å². The quantitative estimate of drug-likeness (QED) is 0.266. The Morgan fingerprint density at radius 2 is 2.00 bits per heavy atom. The fraction of sp³-hybridized carbons (Fsp3) is 0.500. The molecule has 0 N–H and O–H groups in total. The van der Waals surface area contributed by atoms with Gasteiger partial charge in [-0.1, -0.05) is 13.8 Å². The Kier molecular flexibility index (Phi) is 6.38. The minimum atomic E-state index is -0.920. The van der Waals surface area contributed by atoms with Crippen LogP contribution in [0.3, 0.4) is 0 Å². The molecule has 1 saturated carbocycles. The topological polar surface area (TPSA) is 61.5 Å². The molecule has 1 fully saturated rings. The summed E-state index contributed by atoms with van der Waals surface area (Å²) in [5.74, 6) is 0.696. The SMILES string of the molecule is CCN(C)/C=N\c1cc(C)c(Oc2snc(C3(CC)C(C)C3(Cl)Cl)c2C#N)cc1C. The van der Waals surface area contributed by atoms with Crippen LogP contribution in [0.15, 0.2) is 17.1 Å². The van der Waals surface area contributed by atoms with Crippen molar-refractivity contribution < 1.29 is 4.74 Å². The van der Waals surface area contributed by atoms with E-state index in [4.69, 9.17) is 27.9 Å². The predicted octanol–water partition coefficient (Wildman–Crippen LogP) is 6.51. The molecule has 8 heteroatoms. The lowest BCUT2D eigenvalue weighted by molar-refractivity contribution is 0.488. The third kappa shape index (κ3) is 3.57. The van der Waals surface area contributed by atoms with E-state index in [1.54, 1.807) is 0 Å². The number of aliphatic imine (C=N–C) groups is 1. The number of aromatic nitrogens is 1. The van der Waals surface area contributed by atoms with Crippen molar-refractivity contribution in [2.24, 2.45) is 10.9 Å². The van der Waals surface area contributed by atoms with Gasteiger partial charge in [-0.2, -0.15) is 9.64 Å². The Labute approximate surface area is 192 Å². The molecule has 30 heavy (non-hydrogen) atoms. The second-order valence-electron chi connectivity index (χ2n) is 7.80. The minimum Gasteiger partial charge on any atom is -0.443 e. The molecule has 1 aromatic carbocycles. The van der Waals surface area contributed by atoms with Gasteiger partial charge in [0, 0.05) is 31.0 Å². The zero-order chi connectivity index (χ0) is 22.3. The lowest BCUT2D eigenvalue weighted by atomic mass is 9.93. The maximum atomic E-state index is 9.85. The summed E-state index contributed by atoms with van der Waals surface area (Å²) in [6.07, 6.45) is 2.52. The van der Waals surface area contributed by atoms with Crippen LogP contribution in [0.2, 0.25) is 0 Å². The van der Waals surface area contributed by atoms with Gasteiger partial charge in [-0.25, -0.2) is 4.99 Å². The van der Waals surface area contributed by atoms with Gasteiger partial charge in [0.05, 0.1) is 23.1 Å². The van der Waals surface area contributed by atoms with Crippen LogP contribution in [0.4, 0.5) is 5.69 Å². The molecule has 1 aliphatic carbocycles.